The van der Waals surface area contributed by atoms with Gasteiger partial charge in [0.15, 0.2) is 4.77 Å². The standard InChI is InChI=1S/C20H19N3O2S/c1-23-19(25)15-10-9-14(11-16(15)21-20(23)26)18(24)22-17(13-7-8-13)12-5-3-2-4-6-12/h2-6,9-11,13,17H,7-8H2,1H3,(H,21,26)(H,22,24). The van der Waals surface area contributed by atoms with Crippen molar-refractivity contribution >= 4 is 29.0 Å². The summed E-state index contributed by atoms with van der Waals surface area (Å²) >= 11 is 5.16. The third-order valence-electron chi connectivity index (χ3n) is 4.90. The predicted octanol–water partition coefficient (Wildman–Crippen LogP) is 3.48. The number of nitrogens with one attached hydrogen (secondary N) is 2. The molecule has 0 spiro atoms. The number of aromatic nitrogens is 2. The number of hydrogen-bond donors (Lipinski definition) is 2. The Balaban J connectivity index is 1.66. The fraction of sp³-hybridized carbons (Fsp3) is 0.250. The van der Waals surface area contributed by atoms with Crippen LogP contribution in [0.1, 0.15) is 34.8 Å². The molecule has 0 saturated heterocycles. The van der Waals surface area contributed by atoms with Crippen molar-refractivity contribution in [1.82, 2.24) is 14.9 Å². The third-order valence-corrected chi connectivity index (χ3v) is 5.28. The highest BCUT2D eigenvalue weighted by Crippen LogP contribution is 2.41. The summed E-state index contributed by atoms with van der Waals surface area (Å²) in [5.74, 6) is 0.340. The molecule has 26 heavy (non-hydrogen) atoms. The zero-order valence-electron chi connectivity index (χ0n) is 14.4. The van der Waals surface area contributed by atoms with Gasteiger partial charge in [-0.05, 0) is 54.7 Å². The average molecular weight is 365 g/mol. The number of amides is 1. The van der Waals surface area contributed by atoms with E-state index >= 15 is 0 Å². The second kappa shape index (κ2) is 6.53. The first-order valence-electron chi connectivity index (χ1n) is 8.63. The van der Waals surface area contributed by atoms with E-state index in [0.29, 0.717) is 27.2 Å². The molecular formula is C20H19N3O2S. The fourth-order valence-corrected chi connectivity index (χ4v) is 3.43. The van der Waals surface area contributed by atoms with Crippen LogP contribution in [0.4, 0.5) is 0 Å². The maximum absolute atomic E-state index is 12.8. The zero-order chi connectivity index (χ0) is 18.3. The van der Waals surface area contributed by atoms with E-state index in [0.717, 1.165) is 18.4 Å². The van der Waals surface area contributed by atoms with Gasteiger partial charge < -0.3 is 10.3 Å². The van der Waals surface area contributed by atoms with E-state index in [4.69, 9.17) is 12.2 Å². The first-order chi connectivity index (χ1) is 12.5. The summed E-state index contributed by atoms with van der Waals surface area (Å²) in [6.45, 7) is 0. The molecule has 0 bridgehead atoms. The van der Waals surface area contributed by atoms with Crippen LogP contribution in [0.2, 0.25) is 0 Å². The maximum Gasteiger partial charge on any atom is 0.261 e. The molecule has 1 heterocycles. The van der Waals surface area contributed by atoms with Crippen LogP contribution in [-0.4, -0.2) is 15.5 Å². The molecule has 1 amide bonds. The van der Waals surface area contributed by atoms with Crippen molar-refractivity contribution in [2.24, 2.45) is 13.0 Å². The van der Waals surface area contributed by atoms with Gasteiger partial charge >= 0.3 is 0 Å². The van der Waals surface area contributed by atoms with Crippen molar-refractivity contribution < 1.29 is 4.79 Å². The summed E-state index contributed by atoms with van der Waals surface area (Å²) in [5.41, 5.74) is 2.04. The highest BCUT2D eigenvalue weighted by Gasteiger charge is 2.33. The molecule has 6 heteroatoms. The number of carbonyl (C=O) groups excluding carboxylic acids is 1. The summed E-state index contributed by atoms with van der Waals surface area (Å²) in [6, 6.07) is 15.1. The lowest BCUT2D eigenvalue weighted by Gasteiger charge is -2.19. The average Bonchev–Trinajstić information content (AvgIpc) is 3.49. The van der Waals surface area contributed by atoms with Crippen molar-refractivity contribution in [3.63, 3.8) is 0 Å². The van der Waals surface area contributed by atoms with E-state index in [1.54, 1.807) is 25.2 Å². The summed E-state index contributed by atoms with van der Waals surface area (Å²) < 4.78 is 1.72. The molecule has 1 unspecified atom stereocenters. The summed E-state index contributed by atoms with van der Waals surface area (Å²) in [6.07, 6.45) is 2.25. The van der Waals surface area contributed by atoms with Crippen molar-refractivity contribution in [2.75, 3.05) is 0 Å². The van der Waals surface area contributed by atoms with E-state index in [9.17, 15) is 9.59 Å². The maximum atomic E-state index is 12.8. The van der Waals surface area contributed by atoms with E-state index in [1.165, 1.54) is 4.57 Å². The van der Waals surface area contributed by atoms with Crippen LogP contribution in [0.3, 0.4) is 0 Å². The Bertz CT molecular complexity index is 1100. The number of benzene rings is 2. The minimum atomic E-state index is -0.171. The largest absolute Gasteiger partial charge is 0.345 e. The van der Waals surface area contributed by atoms with Crippen LogP contribution in [-0.2, 0) is 7.05 Å². The first-order valence-corrected chi connectivity index (χ1v) is 9.04. The SMILES string of the molecule is Cn1c(=S)[nH]c2cc(C(=O)NC(c3ccccc3)C3CC3)ccc2c1=O. The molecule has 1 fully saturated rings. The number of carbonyl (C=O) groups is 1. The summed E-state index contributed by atoms with van der Waals surface area (Å²) in [4.78, 5) is 28.1. The first kappa shape index (κ1) is 16.7. The molecule has 2 aromatic carbocycles. The van der Waals surface area contributed by atoms with E-state index < -0.39 is 0 Å². The molecule has 1 atom stereocenters. The molecular weight excluding hydrogens is 346 g/mol. The monoisotopic (exact) mass is 365 g/mol. The lowest BCUT2D eigenvalue weighted by Crippen LogP contribution is -2.30. The lowest BCUT2D eigenvalue weighted by molar-refractivity contribution is 0.0932. The highest BCUT2D eigenvalue weighted by atomic mass is 32.1. The Labute approximate surface area is 155 Å². The van der Waals surface area contributed by atoms with Crippen molar-refractivity contribution in [3.8, 4) is 0 Å². The lowest BCUT2D eigenvalue weighted by atomic mass is 10.0. The number of hydrogen-bond acceptors (Lipinski definition) is 3. The van der Waals surface area contributed by atoms with Crippen molar-refractivity contribution in [3.05, 3.63) is 74.8 Å². The van der Waals surface area contributed by atoms with Crippen LogP contribution in [0.15, 0.2) is 53.3 Å². The molecule has 1 aliphatic rings. The van der Waals surface area contributed by atoms with Gasteiger partial charge in [-0.2, -0.15) is 0 Å². The number of nitrogens with zero attached hydrogens (tertiary/aromatic N) is 1. The molecule has 3 aromatic rings. The molecule has 1 aliphatic carbocycles. The molecule has 132 valence electrons. The van der Waals surface area contributed by atoms with Gasteiger partial charge in [-0.3, -0.25) is 14.2 Å². The Morgan fingerprint density at radius 3 is 2.65 bits per heavy atom. The number of rotatable bonds is 4. The highest BCUT2D eigenvalue weighted by molar-refractivity contribution is 7.71. The van der Waals surface area contributed by atoms with Crippen LogP contribution < -0.4 is 10.9 Å². The number of fused-ring (bicyclic) bond motifs is 1. The Morgan fingerprint density at radius 2 is 1.96 bits per heavy atom. The van der Waals surface area contributed by atoms with Crippen LogP contribution in [0, 0.1) is 10.7 Å². The van der Waals surface area contributed by atoms with Gasteiger partial charge in [0.2, 0.25) is 0 Å². The van der Waals surface area contributed by atoms with E-state index in [1.807, 2.05) is 30.3 Å². The van der Waals surface area contributed by atoms with Crippen molar-refractivity contribution in [2.45, 2.75) is 18.9 Å². The van der Waals surface area contributed by atoms with Gasteiger partial charge in [-0.15, -0.1) is 0 Å². The summed E-state index contributed by atoms with van der Waals surface area (Å²) in [7, 11) is 1.63. The summed E-state index contributed by atoms with van der Waals surface area (Å²) in [5, 5.41) is 3.67. The van der Waals surface area contributed by atoms with Gasteiger partial charge in [0.05, 0.1) is 16.9 Å². The fourth-order valence-electron chi connectivity index (χ4n) is 3.24. The van der Waals surface area contributed by atoms with Crippen LogP contribution in [0.5, 0.6) is 0 Å². The molecule has 4 rings (SSSR count). The third kappa shape index (κ3) is 3.08. The predicted molar refractivity (Wildman–Crippen MR) is 104 cm³/mol. The van der Waals surface area contributed by atoms with Gasteiger partial charge in [0.25, 0.3) is 11.5 Å². The Morgan fingerprint density at radius 1 is 1.23 bits per heavy atom. The van der Waals surface area contributed by atoms with Gasteiger partial charge in [-0.25, -0.2) is 0 Å². The molecule has 2 N–H and O–H groups in total. The van der Waals surface area contributed by atoms with E-state index in [2.05, 4.69) is 10.3 Å². The quantitative estimate of drug-likeness (QED) is 0.696. The van der Waals surface area contributed by atoms with Gasteiger partial charge in [-0.1, -0.05) is 30.3 Å². The topological polar surface area (TPSA) is 66.9 Å². The smallest absolute Gasteiger partial charge is 0.261 e. The second-order valence-electron chi connectivity index (χ2n) is 6.75. The molecule has 0 aliphatic heterocycles. The van der Waals surface area contributed by atoms with Crippen molar-refractivity contribution in [1.29, 1.82) is 0 Å². The van der Waals surface area contributed by atoms with Crippen LogP contribution in [0.25, 0.3) is 10.9 Å². The number of aromatic amines is 1. The number of H-pyrrole nitrogens is 1. The molecule has 0 radical (unpaired) electrons. The molecule has 5 nitrogen and oxygen atoms in total. The minimum absolute atomic E-state index is 0.0153. The zero-order valence-corrected chi connectivity index (χ0v) is 15.2. The van der Waals surface area contributed by atoms with Gasteiger partial charge in [0, 0.05) is 12.6 Å². The minimum Gasteiger partial charge on any atom is -0.345 e. The van der Waals surface area contributed by atoms with E-state index in [-0.39, 0.29) is 17.5 Å². The Kier molecular flexibility index (Phi) is 4.20. The Hall–Kier alpha value is -2.73. The molecule has 1 aromatic heterocycles. The van der Waals surface area contributed by atoms with Crippen LogP contribution >= 0.6 is 12.2 Å². The van der Waals surface area contributed by atoms with Gasteiger partial charge in [0.1, 0.15) is 0 Å². The molecule has 1 saturated carbocycles. The second-order valence-corrected chi connectivity index (χ2v) is 7.14. The normalized spacial score (nSPS) is 15.0.